The van der Waals surface area contributed by atoms with Crippen molar-refractivity contribution in [2.45, 2.75) is 20.0 Å². The smallest absolute Gasteiger partial charge is 0.341 e. The van der Waals surface area contributed by atoms with Crippen molar-refractivity contribution in [1.82, 2.24) is 0 Å². The Morgan fingerprint density at radius 2 is 2.06 bits per heavy atom. The summed E-state index contributed by atoms with van der Waals surface area (Å²) in [6, 6.07) is 3.18. The summed E-state index contributed by atoms with van der Waals surface area (Å²) in [5.74, 6) is -0.871. The van der Waals surface area contributed by atoms with E-state index in [4.69, 9.17) is 16.3 Å². The van der Waals surface area contributed by atoms with Crippen molar-refractivity contribution in [2.75, 3.05) is 5.32 Å². The lowest BCUT2D eigenvalue weighted by molar-refractivity contribution is -0.123. The molecule has 1 N–H and O–H groups in total. The van der Waals surface area contributed by atoms with E-state index in [0.717, 1.165) is 5.56 Å². The summed E-state index contributed by atoms with van der Waals surface area (Å²) in [6.07, 6.45) is -0.793. The van der Waals surface area contributed by atoms with Gasteiger partial charge >= 0.3 is 5.97 Å². The van der Waals surface area contributed by atoms with E-state index in [2.05, 4.69) is 5.32 Å². The second kappa shape index (κ2) is 3.79. The number of amides is 1. The molecule has 1 amide bonds. The van der Waals surface area contributed by atoms with Crippen molar-refractivity contribution in [2.24, 2.45) is 0 Å². The quantitative estimate of drug-likeness (QED) is 0.706. The van der Waals surface area contributed by atoms with E-state index in [1.54, 1.807) is 13.0 Å². The van der Waals surface area contributed by atoms with Crippen LogP contribution in [0.3, 0.4) is 0 Å². The molecular formula is C11H10ClNO3. The van der Waals surface area contributed by atoms with Crippen LogP contribution in [0.2, 0.25) is 5.02 Å². The van der Waals surface area contributed by atoms with Crippen molar-refractivity contribution >= 4 is 29.2 Å². The van der Waals surface area contributed by atoms with Gasteiger partial charge in [0.05, 0.1) is 11.3 Å². The van der Waals surface area contributed by atoms with Crippen molar-refractivity contribution in [3.05, 3.63) is 28.3 Å². The van der Waals surface area contributed by atoms with E-state index in [0.29, 0.717) is 16.3 Å². The van der Waals surface area contributed by atoms with Crippen molar-refractivity contribution in [3.8, 4) is 0 Å². The van der Waals surface area contributed by atoms with Gasteiger partial charge in [0.25, 0.3) is 5.91 Å². The van der Waals surface area contributed by atoms with Crippen LogP contribution >= 0.6 is 11.6 Å². The van der Waals surface area contributed by atoms with Crippen LogP contribution in [0.15, 0.2) is 12.1 Å². The molecule has 0 aliphatic carbocycles. The molecule has 0 unspecified atom stereocenters. The van der Waals surface area contributed by atoms with Gasteiger partial charge in [-0.05, 0) is 31.5 Å². The number of fused-ring (bicyclic) bond motifs is 1. The largest absolute Gasteiger partial charge is 0.449 e. The number of ether oxygens (including phenoxy) is 1. The first kappa shape index (κ1) is 11.0. The molecule has 5 heteroatoms. The van der Waals surface area contributed by atoms with Crippen LogP contribution in [0, 0.1) is 6.92 Å². The number of rotatable bonds is 0. The second-order valence-electron chi connectivity index (χ2n) is 3.68. The number of nitrogens with one attached hydrogen (secondary N) is 1. The molecule has 4 nitrogen and oxygen atoms in total. The van der Waals surface area contributed by atoms with Gasteiger partial charge in [0.15, 0.2) is 6.10 Å². The minimum Gasteiger partial charge on any atom is -0.449 e. The molecule has 0 fully saturated rings. The highest BCUT2D eigenvalue weighted by Crippen LogP contribution is 2.28. The van der Waals surface area contributed by atoms with Gasteiger partial charge in [0.2, 0.25) is 0 Å². The first-order chi connectivity index (χ1) is 7.49. The zero-order chi connectivity index (χ0) is 11.9. The summed E-state index contributed by atoms with van der Waals surface area (Å²) in [5.41, 5.74) is 1.51. The number of carbonyl (C=O) groups is 2. The maximum Gasteiger partial charge on any atom is 0.341 e. The number of esters is 1. The van der Waals surface area contributed by atoms with Crippen molar-refractivity contribution in [1.29, 1.82) is 0 Å². The minimum absolute atomic E-state index is 0.294. The molecule has 1 aromatic carbocycles. The summed E-state index contributed by atoms with van der Waals surface area (Å²) in [5, 5.41) is 3.10. The van der Waals surface area contributed by atoms with E-state index in [-0.39, 0.29) is 5.91 Å². The van der Waals surface area contributed by atoms with Crippen LogP contribution in [0.4, 0.5) is 5.69 Å². The van der Waals surface area contributed by atoms with Gasteiger partial charge in [-0.25, -0.2) is 4.79 Å². The zero-order valence-electron chi connectivity index (χ0n) is 8.83. The summed E-state index contributed by atoms with van der Waals surface area (Å²) >= 11 is 5.85. The molecule has 1 atom stereocenters. The Morgan fingerprint density at radius 3 is 2.75 bits per heavy atom. The molecule has 1 aliphatic rings. The molecule has 0 spiro atoms. The third-order valence-electron chi connectivity index (χ3n) is 2.42. The molecule has 0 saturated carbocycles. The number of anilines is 1. The average Bonchev–Trinajstić information content (AvgIpc) is 2.29. The first-order valence-electron chi connectivity index (χ1n) is 4.81. The lowest BCUT2D eigenvalue weighted by Crippen LogP contribution is -2.26. The molecule has 0 radical (unpaired) electrons. The number of benzene rings is 1. The number of carbonyl (C=O) groups excluding carboxylic acids is 2. The molecule has 1 heterocycles. The summed E-state index contributed by atoms with van der Waals surface area (Å²) in [6.45, 7) is 3.30. The number of hydrogen-bond acceptors (Lipinski definition) is 3. The van der Waals surface area contributed by atoms with E-state index >= 15 is 0 Å². The molecule has 16 heavy (non-hydrogen) atoms. The standard InChI is InChI=1S/C11H10ClNO3/c1-5-3-7(12)4-8-9(5)13-10(14)6(2)16-11(8)15/h3-4,6H,1-2H3,(H,13,14)/t6-/m1/s1. The van der Waals surface area contributed by atoms with Gasteiger partial charge in [-0.3, -0.25) is 4.79 Å². The topological polar surface area (TPSA) is 55.4 Å². The highest BCUT2D eigenvalue weighted by molar-refractivity contribution is 6.31. The summed E-state index contributed by atoms with van der Waals surface area (Å²) in [4.78, 5) is 23.2. The second-order valence-corrected chi connectivity index (χ2v) is 4.12. The maximum atomic E-state index is 11.7. The number of halogens is 1. The Hall–Kier alpha value is -1.55. The fourth-order valence-electron chi connectivity index (χ4n) is 1.57. The maximum absolute atomic E-state index is 11.7. The van der Waals surface area contributed by atoms with Gasteiger partial charge < -0.3 is 10.1 Å². The third kappa shape index (κ3) is 1.76. The van der Waals surface area contributed by atoms with Crippen LogP contribution in [0.1, 0.15) is 22.8 Å². The van der Waals surface area contributed by atoms with E-state index in [1.165, 1.54) is 13.0 Å². The number of cyclic esters (lactones) is 1. The Labute approximate surface area is 97.5 Å². The van der Waals surface area contributed by atoms with Gasteiger partial charge in [-0.15, -0.1) is 0 Å². The molecule has 1 aromatic rings. The molecular weight excluding hydrogens is 230 g/mol. The van der Waals surface area contributed by atoms with Crippen LogP contribution in [0.25, 0.3) is 0 Å². The Bertz CT molecular complexity index is 484. The lowest BCUT2D eigenvalue weighted by Gasteiger charge is -2.08. The SMILES string of the molecule is Cc1cc(Cl)cc2c1NC(=O)[C@@H](C)OC2=O. The Balaban J connectivity index is 2.60. The summed E-state index contributed by atoms with van der Waals surface area (Å²) < 4.78 is 4.95. The fraction of sp³-hybridized carbons (Fsp3) is 0.273. The highest BCUT2D eigenvalue weighted by atomic mass is 35.5. The van der Waals surface area contributed by atoms with E-state index in [9.17, 15) is 9.59 Å². The van der Waals surface area contributed by atoms with Crippen LogP contribution in [0.5, 0.6) is 0 Å². The van der Waals surface area contributed by atoms with Crippen molar-refractivity contribution in [3.63, 3.8) is 0 Å². The molecule has 0 saturated heterocycles. The number of hydrogen-bond donors (Lipinski definition) is 1. The normalized spacial score (nSPS) is 19.6. The van der Waals surface area contributed by atoms with Crippen LogP contribution in [-0.4, -0.2) is 18.0 Å². The third-order valence-corrected chi connectivity index (χ3v) is 2.64. The fourth-order valence-corrected chi connectivity index (χ4v) is 1.85. The monoisotopic (exact) mass is 239 g/mol. The van der Waals surface area contributed by atoms with Crippen LogP contribution in [-0.2, 0) is 9.53 Å². The predicted octanol–water partition coefficient (Wildman–Crippen LogP) is 2.15. The molecule has 2 rings (SSSR count). The summed E-state index contributed by atoms with van der Waals surface area (Å²) in [7, 11) is 0. The van der Waals surface area contributed by atoms with Gasteiger partial charge in [-0.2, -0.15) is 0 Å². The van der Waals surface area contributed by atoms with Gasteiger partial charge in [0.1, 0.15) is 0 Å². The molecule has 0 aromatic heterocycles. The van der Waals surface area contributed by atoms with Crippen LogP contribution < -0.4 is 5.32 Å². The van der Waals surface area contributed by atoms with E-state index < -0.39 is 12.1 Å². The average molecular weight is 240 g/mol. The lowest BCUT2D eigenvalue weighted by atomic mass is 10.1. The molecule has 1 aliphatic heterocycles. The van der Waals surface area contributed by atoms with Crippen molar-refractivity contribution < 1.29 is 14.3 Å². The Kier molecular flexibility index (Phi) is 2.59. The first-order valence-corrected chi connectivity index (χ1v) is 5.19. The van der Waals surface area contributed by atoms with E-state index in [1.807, 2.05) is 0 Å². The minimum atomic E-state index is -0.793. The predicted molar refractivity (Wildman–Crippen MR) is 59.7 cm³/mol. The van der Waals surface area contributed by atoms with Gasteiger partial charge in [-0.1, -0.05) is 11.6 Å². The Morgan fingerprint density at radius 1 is 1.38 bits per heavy atom. The molecule has 0 bridgehead atoms. The van der Waals surface area contributed by atoms with Gasteiger partial charge in [0, 0.05) is 5.02 Å². The molecule has 84 valence electrons. The number of aryl methyl sites for hydroxylation is 1. The highest BCUT2D eigenvalue weighted by Gasteiger charge is 2.27. The zero-order valence-corrected chi connectivity index (χ0v) is 9.59.